The summed E-state index contributed by atoms with van der Waals surface area (Å²) in [5, 5.41) is 7.02. The second kappa shape index (κ2) is 9.62. The number of amides is 1. The normalized spacial score (nSPS) is 11.3. The molecule has 0 aliphatic heterocycles. The second-order valence-corrected chi connectivity index (χ2v) is 9.68. The number of rotatable bonds is 7. The zero-order valence-electron chi connectivity index (χ0n) is 17.9. The van der Waals surface area contributed by atoms with Gasteiger partial charge in [-0.1, -0.05) is 11.6 Å². The molecule has 4 aromatic rings. The molecular formula is C23H19ClFN5O3S. The number of hydrogen-bond acceptors (Lipinski definition) is 5. The number of hydrogen-bond donors (Lipinski definition) is 1. The predicted octanol–water partition coefficient (Wildman–Crippen LogP) is 4.20. The van der Waals surface area contributed by atoms with E-state index in [-0.39, 0.29) is 27.0 Å². The van der Waals surface area contributed by atoms with Crippen molar-refractivity contribution in [1.29, 1.82) is 0 Å². The molecule has 11 heteroatoms. The van der Waals surface area contributed by atoms with Crippen molar-refractivity contribution in [3.05, 3.63) is 101 Å². The molecule has 0 saturated carbocycles. The molecule has 0 aliphatic carbocycles. The first kappa shape index (κ1) is 23.4. The molecule has 0 aliphatic rings. The third-order valence-corrected chi connectivity index (χ3v) is 7.12. The van der Waals surface area contributed by atoms with E-state index >= 15 is 0 Å². The van der Waals surface area contributed by atoms with Gasteiger partial charge in [-0.05, 0) is 60.2 Å². The van der Waals surface area contributed by atoms with Crippen molar-refractivity contribution in [3.63, 3.8) is 0 Å². The Balaban J connectivity index is 1.54. The fraction of sp³-hybridized carbons (Fsp3) is 0.0870. The summed E-state index contributed by atoms with van der Waals surface area (Å²) in [6.07, 6.45) is 5.06. The lowest BCUT2D eigenvalue weighted by atomic mass is 10.2. The van der Waals surface area contributed by atoms with Gasteiger partial charge < -0.3 is 5.32 Å². The van der Waals surface area contributed by atoms with E-state index in [4.69, 9.17) is 11.6 Å². The summed E-state index contributed by atoms with van der Waals surface area (Å²) in [4.78, 5) is 16.7. The Kier molecular flexibility index (Phi) is 6.62. The molecule has 0 fully saturated rings. The SMILES string of the molecule is CN(c1ccc(F)cc1)S(=O)(=O)c1ccc(Cl)c(C(=O)Nc2ccn(Cc3ccncc3)n2)c1. The maximum Gasteiger partial charge on any atom is 0.264 e. The van der Waals surface area contributed by atoms with Crippen LogP contribution >= 0.6 is 11.6 Å². The first-order chi connectivity index (χ1) is 16.2. The predicted molar refractivity (Wildman–Crippen MR) is 127 cm³/mol. The molecule has 2 aromatic heterocycles. The van der Waals surface area contributed by atoms with Crippen molar-refractivity contribution < 1.29 is 17.6 Å². The molecular weight excluding hydrogens is 481 g/mol. The van der Waals surface area contributed by atoms with Crippen molar-refractivity contribution >= 4 is 39.0 Å². The lowest BCUT2D eigenvalue weighted by Crippen LogP contribution is -2.27. The fourth-order valence-electron chi connectivity index (χ4n) is 3.16. The Hall–Kier alpha value is -3.76. The van der Waals surface area contributed by atoms with Crippen LogP contribution in [0, 0.1) is 5.82 Å². The van der Waals surface area contributed by atoms with Crippen molar-refractivity contribution in [2.75, 3.05) is 16.7 Å². The van der Waals surface area contributed by atoms with Crippen LogP contribution in [0.2, 0.25) is 5.02 Å². The molecule has 2 aromatic carbocycles. The van der Waals surface area contributed by atoms with Gasteiger partial charge in [0.25, 0.3) is 15.9 Å². The van der Waals surface area contributed by atoms with Gasteiger partial charge in [0.2, 0.25) is 0 Å². The highest BCUT2D eigenvalue weighted by Gasteiger charge is 2.24. The van der Waals surface area contributed by atoms with Crippen LogP contribution in [0.15, 0.2) is 84.1 Å². The maximum absolute atomic E-state index is 13.2. The molecule has 0 bridgehead atoms. The average Bonchev–Trinajstić information content (AvgIpc) is 3.26. The van der Waals surface area contributed by atoms with E-state index in [0.29, 0.717) is 6.54 Å². The van der Waals surface area contributed by atoms with Crippen LogP contribution in [0.3, 0.4) is 0 Å². The number of anilines is 2. The van der Waals surface area contributed by atoms with E-state index in [1.54, 1.807) is 29.3 Å². The minimum absolute atomic E-state index is 0.0288. The number of benzene rings is 2. The third kappa shape index (κ3) is 5.08. The summed E-state index contributed by atoms with van der Waals surface area (Å²) in [7, 11) is -2.69. The van der Waals surface area contributed by atoms with Gasteiger partial charge in [0.15, 0.2) is 5.82 Å². The summed E-state index contributed by atoms with van der Waals surface area (Å²) in [5.74, 6) is -0.810. The van der Waals surface area contributed by atoms with Crippen LogP contribution in [0.1, 0.15) is 15.9 Å². The van der Waals surface area contributed by atoms with Gasteiger partial charge in [-0.2, -0.15) is 5.10 Å². The average molecular weight is 500 g/mol. The summed E-state index contributed by atoms with van der Waals surface area (Å²) in [5.41, 5.74) is 1.23. The Morgan fingerprint density at radius 2 is 1.79 bits per heavy atom. The zero-order chi connectivity index (χ0) is 24.3. The molecule has 1 N–H and O–H groups in total. The highest BCUT2D eigenvalue weighted by atomic mass is 35.5. The van der Waals surface area contributed by atoms with Crippen molar-refractivity contribution in [1.82, 2.24) is 14.8 Å². The topological polar surface area (TPSA) is 97.2 Å². The maximum atomic E-state index is 13.2. The number of halogens is 2. The Bertz CT molecular complexity index is 1430. The Morgan fingerprint density at radius 1 is 1.09 bits per heavy atom. The van der Waals surface area contributed by atoms with Gasteiger partial charge in [0.05, 0.1) is 27.7 Å². The van der Waals surface area contributed by atoms with Crippen molar-refractivity contribution in [2.45, 2.75) is 11.4 Å². The summed E-state index contributed by atoms with van der Waals surface area (Å²) >= 11 is 6.19. The molecule has 0 unspecified atom stereocenters. The second-order valence-electron chi connectivity index (χ2n) is 7.30. The van der Waals surface area contributed by atoms with Gasteiger partial charge in [-0.3, -0.25) is 18.8 Å². The van der Waals surface area contributed by atoms with E-state index in [9.17, 15) is 17.6 Å². The first-order valence-electron chi connectivity index (χ1n) is 10.0. The van der Waals surface area contributed by atoms with E-state index < -0.39 is 21.7 Å². The van der Waals surface area contributed by atoms with E-state index in [2.05, 4.69) is 15.4 Å². The number of pyridine rings is 1. The summed E-state index contributed by atoms with van der Waals surface area (Å²) < 4.78 is 42.0. The minimum atomic E-state index is -4.03. The highest BCUT2D eigenvalue weighted by Crippen LogP contribution is 2.26. The van der Waals surface area contributed by atoms with Gasteiger partial charge in [-0.25, -0.2) is 12.8 Å². The van der Waals surface area contributed by atoms with Gasteiger partial charge in [0.1, 0.15) is 5.82 Å². The molecule has 8 nitrogen and oxygen atoms in total. The molecule has 1 amide bonds. The lowest BCUT2D eigenvalue weighted by Gasteiger charge is -2.20. The van der Waals surface area contributed by atoms with Crippen LogP contribution in [0.5, 0.6) is 0 Å². The smallest absolute Gasteiger partial charge is 0.264 e. The molecule has 0 spiro atoms. The standard InChI is InChI=1S/C23H19ClFN5O3S/c1-29(18-4-2-17(25)3-5-18)34(32,33)19-6-7-21(24)20(14-19)23(31)27-22-10-13-30(28-22)15-16-8-11-26-12-9-16/h2-14H,15H2,1H3,(H,27,28,31). The molecule has 4 rings (SSSR count). The minimum Gasteiger partial charge on any atom is -0.305 e. The number of aromatic nitrogens is 3. The van der Waals surface area contributed by atoms with E-state index in [0.717, 1.165) is 22.0 Å². The summed E-state index contributed by atoms with van der Waals surface area (Å²) in [6.45, 7) is 0.489. The largest absolute Gasteiger partial charge is 0.305 e. The number of nitrogens with zero attached hydrogens (tertiary/aromatic N) is 4. The third-order valence-electron chi connectivity index (χ3n) is 5.01. The molecule has 174 valence electrons. The fourth-order valence-corrected chi connectivity index (χ4v) is 4.59. The molecule has 2 heterocycles. The first-order valence-corrected chi connectivity index (χ1v) is 11.8. The molecule has 34 heavy (non-hydrogen) atoms. The quantitative estimate of drug-likeness (QED) is 0.411. The van der Waals surface area contributed by atoms with Gasteiger partial charge in [-0.15, -0.1) is 0 Å². The van der Waals surface area contributed by atoms with Crippen molar-refractivity contribution in [2.24, 2.45) is 0 Å². The number of carbonyl (C=O) groups excluding carboxylic acids is 1. The number of sulfonamides is 1. The van der Waals surface area contributed by atoms with E-state index in [1.807, 2.05) is 12.1 Å². The molecule has 0 radical (unpaired) electrons. The van der Waals surface area contributed by atoms with E-state index in [1.165, 1.54) is 37.4 Å². The number of nitrogens with one attached hydrogen (secondary N) is 1. The van der Waals surface area contributed by atoms with Gasteiger partial charge in [0, 0.05) is 31.7 Å². The van der Waals surface area contributed by atoms with Crippen LogP contribution in [-0.2, 0) is 16.6 Å². The lowest BCUT2D eigenvalue weighted by molar-refractivity contribution is 0.102. The van der Waals surface area contributed by atoms with Crippen molar-refractivity contribution in [3.8, 4) is 0 Å². The number of carbonyl (C=O) groups is 1. The van der Waals surface area contributed by atoms with Crippen LogP contribution in [0.4, 0.5) is 15.9 Å². The zero-order valence-corrected chi connectivity index (χ0v) is 19.5. The Labute approximate surface area is 200 Å². The summed E-state index contributed by atoms with van der Waals surface area (Å²) in [6, 6.07) is 14.2. The highest BCUT2D eigenvalue weighted by molar-refractivity contribution is 7.92. The van der Waals surface area contributed by atoms with Crippen LogP contribution in [0.25, 0.3) is 0 Å². The van der Waals surface area contributed by atoms with Crippen LogP contribution < -0.4 is 9.62 Å². The van der Waals surface area contributed by atoms with Crippen LogP contribution in [-0.4, -0.2) is 36.1 Å². The monoisotopic (exact) mass is 499 g/mol. The molecule has 0 saturated heterocycles. The Morgan fingerprint density at radius 3 is 2.50 bits per heavy atom. The van der Waals surface area contributed by atoms with Gasteiger partial charge >= 0.3 is 0 Å². The molecule has 0 atom stereocenters.